The maximum atomic E-state index is 12.3. The predicted octanol–water partition coefficient (Wildman–Crippen LogP) is 3.30. The summed E-state index contributed by atoms with van der Waals surface area (Å²) in [5.41, 5.74) is 0.657. The SMILES string of the molecule is O=C(NC1CCN2CCCC2C1)c1ccc(I)c(Cl)c1. The number of carbonyl (C=O) groups excluding carboxylic acids is 1. The van der Waals surface area contributed by atoms with E-state index in [0.29, 0.717) is 22.7 Å². The van der Waals surface area contributed by atoms with Crippen molar-refractivity contribution >= 4 is 40.1 Å². The fourth-order valence-corrected chi connectivity index (χ4v) is 3.78. The fourth-order valence-electron chi connectivity index (χ4n) is 3.26. The zero-order valence-corrected chi connectivity index (χ0v) is 14.2. The van der Waals surface area contributed by atoms with Gasteiger partial charge in [-0.3, -0.25) is 4.79 Å². The van der Waals surface area contributed by atoms with Crippen molar-refractivity contribution in [2.75, 3.05) is 13.1 Å². The average Bonchev–Trinajstić information content (AvgIpc) is 2.89. The quantitative estimate of drug-likeness (QED) is 0.767. The van der Waals surface area contributed by atoms with Gasteiger partial charge in [-0.1, -0.05) is 11.6 Å². The summed E-state index contributed by atoms with van der Waals surface area (Å²) in [7, 11) is 0. The van der Waals surface area contributed by atoms with Crippen LogP contribution in [0.15, 0.2) is 18.2 Å². The Balaban J connectivity index is 1.62. The Morgan fingerprint density at radius 1 is 1.35 bits per heavy atom. The molecule has 20 heavy (non-hydrogen) atoms. The standard InChI is InChI=1S/C15H18ClIN2O/c16-13-8-10(3-4-14(13)17)15(20)18-11-5-7-19-6-1-2-12(19)9-11/h3-4,8,11-12H,1-2,5-7,9H2,(H,18,20). The number of nitrogens with zero attached hydrogens (tertiary/aromatic N) is 1. The van der Waals surface area contributed by atoms with E-state index in [2.05, 4.69) is 32.8 Å². The molecule has 2 unspecified atom stereocenters. The van der Waals surface area contributed by atoms with Crippen LogP contribution in [-0.2, 0) is 0 Å². The third-order valence-corrected chi connectivity index (χ3v) is 5.91. The second-order valence-electron chi connectivity index (χ2n) is 5.66. The lowest BCUT2D eigenvalue weighted by Gasteiger charge is -2.35. The molecule has 1 N–H and O–H groups in total. The summed E-state index contributed by atoms with van der Waals surface area (Å²) in [6, 6.07) is 6.46. The lowest BCUT2D eigenvalue weighted by atomic mass is 9.97. The lowest BCUT2D eigenvalue weighted by molar-refractivity contribution is 0.0896. The Kier molecular flexibility index (Phi) is 4.52. The summed E-state index contributed by atoms with van der Waals surface area (Å²) in [4.78, 5) is 14.8. The van der Waals surface area contributed by atoms with E-state index >= 15 is 0 Å². The predicted molar refractivity (Wildman–Crippen MR) is 89.3 cm³/mol. The molecule has 0 spiro atoms. The molecule has 2 aliphatic rings. The Labute approximate surface area is 138 Å². The number of halogens is 2. The van der Waals surface area contributed by atoms with Crippen LogP contribution >= 0.6 is 34.2 Å². The second kappa shape index (κ2) is 6.20. The van der Waals surface area contributed by atoms with Crippen LogP contribution in [-0.4, -0.2) is 36.0 Å². The summed E-state index contributed by atoms with van der Waals surface area (Å²) in [6.07, 6.45) is 4.73. The molecule has 2 atom stereocenters. The first-order chi connectivity index (χ1) is 9.63. The summed E-state index contributed by atoms with van der Waals surface area (Å²) < 4.78 is 0.972. The molecule has 1 aromatic rings. The molecule has 0 radical (unpaired) electrons. The van der Waals surface area contributed by atoms with Gasteiger partial charge in [0, 0.05) is 27.8 Å². The average molecular weight is 405 g/mol. The van der Waals surface area contributed by atoms with Crippen LogP contribution in [0, 0.1) is 3.57 Å². The highest BCUT2D eigenvalue weighted by Gasteiger charge is 2.32. The van der Waals surface area contributed by atoms with Crippen molar-refractivity contribution in [1.82, 2.24) is 10.2 Å². The van der Waals surface area contributed by atoms with Gasteiger partial charge in [-0.05, 0) is 73.0 Å². The molecule has 0 bridgehead atoms. The maximum Gasteiger partial charge on any atom is 0.251 e. The third-order valence-electron chi connectivity index (χ3n) is 4.34. The Hall–Kier alpha value is -0.330. The van der Waals surface area contributed by atoms with Gasteiger partial charge in [0.05, 0.1) is 5.02 Å². The molecule has 3 nitrogen and oxygen atoms in total. The molecule has 3 rings (SSSR count). The van der Waals surface area contributed by atoms with Crippen molar-refractivity contribution in [2.24, 2.45) is 0 Å². The van der Waals surface area contributed by atoms with Gasteiger partial charge < -0.3 is 10.2 Å². The van der Waals surface area contributed by atoms with Gasteiger partial charge >= 0.3 is 0 Å². The molecule has 2 aliphatic heterocycles. The van der Waals surface area contributed by atoms with Gasteiger partial charge in [-0.15, -0.1) is 0 Å². The molecular formula is C15H18ClIN2O. The van der Waals surface area contributed by atoms with E-state index in [4.69, 9.17) is 11.6 Å². The number of piperidine rings is 1. The summed E-state index contributed by atoms with van der Waals surface area (Å²) in [6.45, 7) is 2.35. The number of hydrogen-bond acceptors (Lipinski definition) is 2. The minimum absolute atomic E-state index is 0.000234. The van der Waals surface area contributed by atoms with E-state index in [0.717, 1.165) is 23.0 Å². The summed E-state index contributed by atoms with van der Waals surface area (Å²) in [5, 5.41) is 3.81. The summed E-state index contributed by atoms with van der Waals surface area (Å²) >= 11 is 8.25. The fraction of sp³-hybridized carbons (Fsp3) is 0.533. The molecule has 2 saturated heterocycles. The van der Waals surface area contributed by atoms with Crippen LogP contribution in [0.4, 0.5) is 0 Å². The number of nitrogens with one attached hydrogen (secondary N) is 1. The Bertz CT molecular complexity index is 523. The van der Waals surface area contributed by atoms with Crippen LogP contribution in [0.2, 0.25) is 5.02 Å². The van der Waals surface area contributed by atoms with E-state index in [1.54, 1.807) is 6.07 Å². The van der Waals surface area contributed by atoms with Crippen LogP contribution in [0.25, 0.3) is 0 Å². The van der Waals surface area contributed by atoms with Crippen molar-refractivity contribution < 1.29 is 4.79 Å². The van der Waals surface area contributed by atoms with Crippen molar-refractivity contribution in [3.63, 3.8) is 0 Å². The summed E-state index contributed by atoms with van der Waals surface area (Å²) in [5.74, 6) is -0.000234. The molecule has 0 aliphatic carbocycles. The zero-order valence-electron chi connectivity index (χ0n) is 11.2. The molecule has 5 heteroatoms. The van der Waals surface area contributed by atoms with E-state index in [1.165, 1.54) is 19.4 Å². The van der Waals surface area contributed by atoms with Crippen LogP contribution in [0.1, 0.15) is 36.0 Å². The van der Waals surface area contributed by atoms with Crippen molar-refractivity contribution in [2.45, 2.75) is 37.8 Å². The molecule has 0 saturated carbocycles. The highest BCUT2D eigenvalue weighted by Crippen LogP contribution is 2.27. The lowest BCUT2D eigenvalue weighted by Crippen LogP contribution is -2.47. The van der Waals surface area contributed by atoms with E-state index in [1.807, 2.05) is 12.1 Å². The molecule has 2 fully saturated rings. The number of carbonyl (C=O) groups is 1. The van der Waals surface area contributed by atoms with Crippen LogP contribution in [0.3, 0.4) is 0 Å². The van der Waals surface area contributed by atoms with Crippen molar-refractivity contribution in [3.8, 4) is 0 Å². The Morgan fingerprint density at radius 2 is 2.20 bits per heavy atom. The van der Waals surface area contributed by atoms with Crippen molar-refractivity contribution in [3.05, 3.63) is 32.4 Å². The molecular weight excluding hydrogens is 387 g/mol. The smallest absolute Gasteiger partial charge is 0.251 e. The van der Waals surface area contributed by atoms with Crippen LogP contribution < -0.4 is 5.32 Å². The molecule has 108 valence electrons. The maximum absolute atomic E-state index is 12.3. The van der Waals surface area contributed by atoms with E-state index in [-0.39, 0.29) is 5.91 Å². The van der Waals surface area contributed by atoms with E-state index in [9.17, 15) is 4.79 Å². The topological polar surface area (TPSA) is 32.3 Å². The van der Waals surface area contributed by atoms with Gasteiger partial charge in [-0.2, -0.15) is 0 Å². The number of hydrogen-bond donors (Lipinski definition) is 1. The van der Waals surface area contributed by atoms with Crippen molar-refractivity contribution in [1.29, 1.82) is 0 Å². The minimum Gasteiger partial charge on any atom is -0.349 e. The monoisotopic (exact) mass is 404 g/mol. The number of fused-ring (bicyclic) bond motifs is 1. The second-order valence-corrected chi connectivity index (χ2v) is 7.23. The van der Waals surface area contributed by atoms with Gasteiger partial charge in [-0.25, -0.2) is 0 Å². The number of rotatable bonds is 2. The Morgan fingerprint density at radius 3 is 3.00 bits per heavy atom. The van der Waals surface area contributed by atoms with Gasteiger partial charge in [0.1, 0.15) is 0 Å². The first-order valence-corrected chi connectivity index (χ1v) is 8.59. The molecule has 2 heterocycles. The molecule has 1 aromatic carbocycles. The van der Waals surface area contributed by atoms with Gasteiger partial charge in [0.15, 0.2) is 0 Å². The van der Waals surface area contributed by atoms with Gasteiger partial charge in [0.2, 0.25) is 0 Å². The zero-order chi connectivity index (χ0) is 14.1. The highest BCUT2D eigenvalue weighted by molar-refractivity contribution is 14.1. The normalized spacial score (nSPS) is 26.3. The van der Waals surface area contributed by atoms with E-state index < -0.39 is 0 Å². The number of amides is 1. The number of benzene rings is 1. The molecule has 0 aromatic heterocycles. The van der Waals surface area contributed by atoms with Crippen LogP contribution in [0.5, 0.6) is 0 Å². The minimum atomic E-state index is -0.000234. The third kappa shape index (κ3) is 3.12. The van der Waals surface area contributed by atoms with Gasteiger partial charge in [0.25, 0.3) is 5.91 Å². The first kappa shape index (κ1) is 14.6. The first-order valence-electron chi connectivity index (χ1n) is 7.13. The molecule has 1 amide bonds. The highest BCUT2D eigenvalue weighted by atomic mass is 127. The largest absolute Gasteiger partial charge is 0.349 e.